The van der Waals surface area contributed by atoms with Crippen molar-refractivity contribution in [2.45, 2.75) is 6.42 Å². The highest BCUT2D eigenvalue weighted by atomic mass is 31.2. The van der Waals surface area contributed by atoms with Gasteiger partial charge in [-0.2, -0.15) is 0 Å². The minimum absolute atomic E-state index is 0.764. The Morgan fingerprint density at radius 3 is 2.40 bits per heavy atom. The van der Waals surface area contributed by atoms with Gasteiger partial charge in [-0.15, -0.1) is 0 Å². The van der Waals surface area contributed by atoms with E-state index in [4.69, 9.17) is 0 Å². The minimum atomic E-state index is -2.46. The minimum Gasteiger partial charge on any atom is -0.314 e. The van der Waals surface area contributed by atoms with Gasteiger partial charge in [-0.05, 0) is 22.8 Å². The van der Waals surface area contributed by atoms with Crippen molar-refractivity contribution in [1.29, 1.82) is 0 Å². The quantitative estimate of drug-likeness (QED) is 0.620. The molecule has 1 atom stereocenters. The molecule has 0 amide bonds. The largest absolute Gasteiger partial charge is 0.314 e. The van der Waals surface area contributed by atoms with Gasteiger partial charge in [-0.3, -0.25) is 0 Å². The molecule has 0 spiro atoms. The molecule has 4 rings (SSSR count). The van der Waals surface area contributed by atoms with Crippen LogP contribution in [-0.4, -0.2) is 6.16 Å². The van der Waals surface area contributed by atoms with Gasteiger partial charge in [0.1, 0.15) is 7.14 Å². The van der Waals surface area contributed by atoms with Crippen LogP contribution in [0.15, 0.2) is 66.7 Å². The third-order valence-electron chi connectivity index (χ3n) is 4.21. The molecule has 0 saturated heterocycles. The van der Waals surface area contributed by atoms with E-state index < -0.39 is 7.14 Å². The third kappa shape index (κ3) is 1.60. The van der Waals surface area contributed by atoms with Gasteiger partial charge >= 0.3 is 0 Å². The molecule has 98 valence electrons. The van der Waals surface area contributed by atoms with Crippen LogP contribution in [0.4, 0.5) is 0 Å². The average Bonchev–Trinajstić information content (AvgIpc) is 2.87. The molecule has 0 radical (unpaired) electrons. The van der Waals surface area contributed by atoms with Crippen LogP contribution >= 0.6 is 7.14 Å². The van der Waals surface area contributed by atoms with Crippen LogP contribution in [0.1, 0.15) is 5.56 Å². The average molecular weight is 278 g/mol. The Morgan fingerprint density at radius 1 is 0.800 bits per heavy atom. The summed E-state index contributed by atoms with van der Waals surface area (Å²) in [7, 11) is -2.46. The molecule has 2 heteroatoms. The highest BCUT2D eigenvalue weighted by Crippen LogP contribution is 2.50. The number of hydrogen-bond donors (Lipinski definition) is 0. The van der Waals surface area contributed by atoms with E-state index in [1.807, 2.05) is 42.5 Å². The molecule has 3 aromatic rings. The topological polar surface area (TPSA) is 17.1 Å². The van der Waals surface area contributed by atoms with Gasteiger partial charge in [0.25, 0.3) is 0 Å². The lowest BCUT2D eigenvalue weighted by molar-refractivity contribution is 0.588. The van der Waals surface area contributed by atoms with Crippen molar-refractivity contribution in [3.05, 3.63) is 72.3 Å². The van der Waals surface area contributed by atoms with Gasteiger partial charge in [0, 0.05) is 16.8 Å². The summed E-state index contributed by atoms with van der Waals surface area (Å²) in [5, 5.41) is 4.44. The van der Waals surface area contributed by atoms with Gasteiger partial charge < -0.3 is 4.57 Å². The van der Waals surface area contributed by atoms with Crippen molar-refractivity contribution < 1.29 is 4.57 Å². The maximum Gasteiger partial charge on any atom is 0.144 e. The second-order valence-corrected chi connectivity index (χ2v) is 8.23. The monoisotopic (exact) mass is 278 g/mol. The maximum atomic E-state index is 13.7. The summed E-state index contributed by atoms with van der Waals surface area (Å²) >= 11 is 0. The Balaban J connectivity index is 2.07. The van der Waals surface area contributed by atoms with E-state index in [-0.39, 0.29) is 0 Å². The zero-order valence-electron chi connectivity index (χ0n) is 11.1. The Hall–Kier alpha value is -1.85. The zero-order chi connectivity index (χ0) is 13.6. The summed E-state index contributed by atoms with van der Waals surface area (Å²) in [5.74, 6) is 0. The number of fused-ring (bicyclic) bond motifs is 3. The first-order valence-electron chi connectivity index (χ1n) is 6.95. The van der Waals surface area contributed by atoms with E-state index in [1.165, 1.54) is 10.9 Å². The second-order valence-electron chi connectivity index (χ2n) is 5.34. The predicted molar refractivity (Wildman–Crippen MR) is 85.8 cm³/mol. The Labute approximate surface area is 118 Å². The highest BCUT2D eigenvalue weighted by molar-refractivity contribution is 7.79. The Kier molecular flexibility index (Phi) is 2.58. The van der Waals surface area contributed by atoms with Crippen molar-refractivity contribution >= 4 is 28.5 Å². The van der Waals surface area contributed by atoms with E-state index in [1.54, 1.807) is 0 Å². The first-order valence-corrected chi connectivity index (χ1v) is 8.84. The van der Waals surface area contributed by atoms with Gasteiger partial charge in [-0.25, -0.2) is 0 Å². The third-order valence-corrected chi connectivity index (χ3v) is 7.45. The zero-order valence-corrected chi connectivity index (χ0v) is 12.0. The SMILES string of the molecule is O=P1(c2ccccc2)CCc2ccc3ccccc3c21. The van der Waals surface area contributed by atoms with Crippen LogP contribution in [0.2, 0.25) is 0 Å². The summed E-state index contributed by atoms with van der Waals surface area (Å²) in [6.45, 7) is 0. The van der Waals surface area contributed by atoms with Crippen molar-refractivity contribution in [3.8, 4) is 0 Å². The van der Waals surface area contributed by atoms with Crippen LogP contribution in [0.3, 0.4) is 0 Å². The molecule has 1 heterocycles. The number of benzene rings is 3. The predicted octanol–water partition coefficient (Wildman–Crippen LogP) is 3.71. The molecule has 1 nitrogen and oxygen atoms in total. The molecular weight excluding hydrogens is 263 g/mol. The fourth-order valence-corrected chi connectivity index (χ4v) is 6.44. The standard InChI is InChI=1S/C18H15OP/c19-20(16-7-2-1-3-8-16)13-12-15-11-10-14-6-4-5-9-17(14)18(15)20/h1-11H,12-13H2. The van der Waals surface area contributed by atoms with Crippen LogP contribution in [-0.2, 0) is 11.0 Å². The van der Waals surface area contributed by atoms with Crippen LogP contribution < -0.4 is 10.6 Å². The van der Waals surface area contributed by atoms with E-state index in [2.05, 4.69) is 24.3 Å². The van der Waals surface area contributed by atoms with Crippen molar-refractivity contribution in [2.24, 2.45) is 0 Å². The molecular formula is C18H15OP. The number of aryl methyl sites for hydroxylation is 1. The number of rotatable bonds is 1. The van der Waals surface area contributed by atoms with Gasteiger partial charge in [0.15, 0.2) is 0 Å². The van der Waals surface area contributed by atoms with Gasteiger partial charge in [-0.1, -0.05) is 66.7 Å². The summed E-state index contributed by atoms with van der Waals surface area (Å²) in [4.78, 5) is 0. The molecule has 0 aliphatic carbocycles. The van der Waals surface area contributed by atoms with Crippen molar-refractivity contribution in [2.75, 3.05) is 6.16 Å². The summed E-state index contributed by atoms with van der Waals surface area (Å²) in [5.41, 5.74) is 1.26. The number of hydrogen-bond acceptors (Lipinski definition) is 1. The molecule has 1 aliphatic heterocycles. The van der Waals surface area contributed by atoms with E-state index in [0.29, 0.717) is 0 Å². The van der Waals surface area contributed by atoms with Crippen molar-refractivity contribution in [1.82, 2.24) is 0 Å². The first-order chi connectivity index (χ1) is 9.79. The lowest BCUT2D eigenvalue weighted by atomic mass is 10.1. The summed E-state index contributed by atoms with van der Waals surface area (Å²) in [6.07, 6.45) is 1.69. The fourth-order valence-electron chi connectivity index (χ4n) is 3.25. The molecule has 0 bridgehead atoms. The molecule has 0 N–H and O–H groups in total. The first kappa shape index (κ1) is 11.9. The van der Waals surface area contributed by atoms with E-state index in [0.717, 1.165) is 28.6 Å². The lowest BCUT2D eigenvalue weighted by Crippen LogP contribution is -2.15. The molecule has 1 unspecified atom stereocenters. The molecule has 0 aromatic heterocycles. The Bertz CT molecular complexity index is 836. The molecule has 20 heavy (non-hydrogen) atoms. The van der Waals surface area contributed by atoms with Crippen molar-refractivity contribution in [3.63, 3.8) is 0 Å². The van der Waals surface area contributed by atoms with Crippen LogP contribution in [0.25, 0.3) is 10.8 Å². The smallest absolute Gasteiger partial charge is 0.144 e. The molecule has 0 saturated carbocycles. The second kappa shape index (κ2) is 4.33. The normalized spacial score (nSPS) is 21.0. The molecule has 0 fully saturated rings. The van der Waals surface area contributed by atoms with Crippen LogP contribution in [0.5, 0.6) is 0 Å². The molecule has 3 aromatic carbocycles. The maximum absolute atomic E-state index is 13.7. The van der Waals surface area contributed by atoms with Gasteiger partial charge in [0.05, 0.1) is 0 Å². The van der Waals surface area contributed by atoms with Gasteiger partial charge in [0.2, 0.25) is 0 Å². The highest BCUT2D eigenvalue weighted by Gasteiger charge is 2.36. The van der Waals surface area contributed by atoms with Crippen LogP contribution in [0, 0.1) is 0 Å². The van der Waals surface area contributed by atoms with E-state index in [9.17, 15) is 4.57 Å². The summed E-state index contributed by atoms with van der Waals surface area (Å²) in [6, 6.07) is 22.6. The lowest BCUT2D eigenvalue weighted by Gasteiger charge is -2.16. The van der Waals surface area contributed by atoms with E-state index >= 15 is 0 Å². The fraction of sp³-hybridized carbons (Fsp3) is 0.111. The summed E-state index contributed by atoms with van der Waals surface area (Å²) < 4.78 is 13.7. The molecule has 1 aliphatic rings. The Morgan fingerprint density at radius 2 is 1.55 bits per heavy atom.